The smallest absolute Gasteiger partial charge is 0.239 e. The number of rotatable bonds is 8. The van der Waals surface area contributed by atoms with Gasteiger partial charge in [0, 0.05) is 19.2 Å². The molecule has 0 saturated heterocycles. The van der Waals surface area contributed by atoms with Gasteiger partial charge in [0.05, 0.1) is 25.5 Å². The van der Waals surface area contributed by atoms with Crippen LogP contribution in [0.4, 0.5) is 0 Å². The van der Waals surface area contributed by atoms with Crippen molar-refractivity contribution in [2.45, 2.75) is 40.0 Å². The van der Waals surface area contributed by atoms with Crippen molar-refractivity contribution in [3.8, 4) is 5.75 Å². The molecule has 0 atom stereocenters. The molecule has 0 radical (unpaired) electrons. The number of carbonyl (C=O) groups excluding carboxylic acids is 1. The van der Waals surface area contributed by atoms with E-state index in [1.165, 1.54) is 0 Å². The maximum atomic E-state index is 11.9. The van der Waals surface area contributed by atoms with Crippen molar-refractivity contribution in [2.75, 3.05) is 13.6 Å². The van der Waals surface area contributed by atoms with Crippen LogP contribution in [0.3, 0.4) is 0 Å². The second-order valence-corrected chi connectivity index (χ2v) is 6.41. The number of hydrogen-bond donors (Lipinski definition) is 3. The van der Waals surface area contributed by atoms with Crippen molar-refractivity contribution < 1.29 is 13.9 Å². The predicted octanol–water partition coefficient (Wildman–Crippen LogP) is 2.97. The first-order valence-corrected chi connectivity index (χ1v) is 8.97. The van der Waals surface area contributed by atoms with Gasteiger partial charge in [-0.1, -0.05) is 12.1 Å². The molecule has 1 heterocycles. The molecule has 0 fully saturated rings. The van der Waals surface area contributed by atoms with E-state index in [4.69, 9.17) is 9.15 Å². The molecule has 0 unspecified atom stereocenters. The Morgan fingerprint density at radius 1 is 1.18 bits per heavy atom. The molecule has 0 aliphatic heterocycles. The summed E-state index contributed by atoms with van der Waals surface area (Å²) in [4.78, 5) is 16.1. The quantitative estimate of drug-likeness (QED) is 0.295. The summed E-state index contributed by atoms with van der Waals surface area (Å²) in [7, 11) is 1.66. The molecule has 8 heteroatoms. The van der Waals surface area contributed by atoms with E-state index in [1.807, 2.05) is 45.0 Å². The van der Waals surface area contributed by atoms with Crippen LogP contribution >= 0.6 is 24.0 Å². The van der Waals surface area contributed by atoms with Crippen LogP contribution in [-0.2, 0) is 17.9 Å². The minimum atomic E-state index is -0.145. The molecule has 2 rings (SSSR count). The summed E-state index contributed by atoms with van der Waals surface area (Å²) >= 11 is 0. The average molecular weight is 500 g/mol. The molecular weight excluding hydrogens is 471 g/mol. The number of nitrogens with one attached hydrogen (secondary N) is 3. The Bertz CT molecular complexity index is 761. The molecule has 2 aromatic rings. The van der Waals surface area contributed by atoms with Gasteiger partial charge in [0.25, 0.3) is 0 Å². The van der Waals surface area contributed by atoms with Crippen molar-refractivity contribution in [2.24, 2.45) is 4.99 Å². The second-order valence-electron chi connectivity index (χ2n) is 6.41. The van der Waals surface area contributed by atoms with Gasteiger partial charge in [0.2, 0.25) is 5.91 Å². The molecule has 7 nitrogen and oxygen atoms in total. The summed E-state index contributed by atoms with van der Waals surface area (Å²) in [6.45, 7) is 7.05. The topological polar surface area (TPSA) is 87.9 Å². The normalized spacial score (nSPS) is 11.0. The minimum absolute atomic E-state index is 0. The molecule has 154 valence electrons. The summed E-state index contributed by atoms with van der Waals surface area (Å²) < 4.78 is 11.1. The predicted molar refractivity (Wildman–Crippen MR) is 121 cm³/mol. The minimum Gasteiger partial charge on any atom is -0.491 e. The third-order valence-corrected chi connectivity index (χ3v) is 3.71. The number of furan rings is 1. The van der Waals surface area contributed by atoms with E-state index in [2.05, 4.69) is 20.9 Å². The molecule has 0 spiro atoms. The van der Waals surface area contributed by atoms with Crippen molar-refractivity contribution in [1.82, 2.24) is 16.0 Å². The van der Waals surface area contributed by atoms with Gasteiger partial charge in [0.15, 0.2) is 5.96 Å². The zero-order valence-corrected chi connectivity index (χ0v) is 19.1. The molecule has 1 amide bonds. The lowest BCUT2D eigenvalue weighted by Gasteiger charge is -2.17. The number of benzene rings is 1. The van der Waals surface area contributed by atoms with Gasteiger partial charge in [-0.2, -0.15) is 0 Å². The molecule has 0 aliphatic rings. The number of amides is 1. The van der Waals surface area contributed by atoms with Crippen LogP contribution in [0, 0.1) is 6.92 Å². The molecule has 1 aromatic heterocycles. The van der Waals surface area contributed by atoms with Crippen LogP contribution in [0.5, 0.6) is 5.75 Å². The number of ether oxygens (including phenoxy) is 1. The molecule has 28 heavy (non-hydrogen) atoms. The first-order valence-electron chi connectivity index (χ1n) is 8.97. The highest BCUT2D eigenvalue weighted by atomic mass is 127. The summed E-state index contributed by atoms with van der Waals surface area (Å²) in [5.74, 6) is 1.96. The highest BCUT2D eigenvalue weighted by Crippen LogP contribution is 2.21. The monoisotopic (exact) mass is 500 g/mol. The third kappa shape index (κ3) is 8.20. The zero-order chi connectivity index (χ0) is 19.6. The van der Waals surface area contributed by atoms with E-state index in [9.17, 15) is 4.79 Å². The van der Waals surface area contributed by atoms with Gasteiger partial charge < -0.3 is 25.1 Å². The summed E-state index contributed by atoms with van der Waals surface area (Å²) in [5.41, 5.74) is 2.17. The van der Waals surface area contributed by atoms with Crippen molar-refractivity contribution in [1.29, 1.82) is 0 Å². The van der Waals surface area contributed by atoms with E-state index in [-0.39, 0.29) is 42.5 Å². The Labute approximate surface area is 183 Å². The van der Waals surface area contributed by atoms with Gasteiger partial charge >= 0.3 is 0 Å². The lowest BCUT2D eigenvalue weighted by Crippen LogP contribution is -2.42. The number of aliphatic imine (C=N–C) groups is 1. The summed E-state index contributed by atoms with van der Waals surface area (Å²) in [6, 6.07) is 9.70. The number of carbonyl (C=O) groups is 1. The summed E-state index contributed by atoms with van der Waals surface area (Å²) in [5, 5.41) is 8.98. The number of hydrogen-bond acceptors (Lipinski definition) is 4. The molecule has 0 bridgehead atoms. The Balaban J connectivity index is 0.00000392. The highest BCUT2D eigenvalue weighted by Gasteiger charge is 2.08. The Morgan fingerprint density at radius 3 is 2.61 bits per heavy atom. The van der Waals surface area contributed by atoms with Gasteiger partial charge in [-0.3, -0.25) is 9.79 Å². The molecule has 0 aliphatic carbocycles. The zero-order valence-electron chi connectivity index (χ0n) is 16.7. The molecule has 0 saturated carbocycles. The average Bonchev–Trinajstić information content (AvgIpc) is 3.14. The first kappa shape index (κ1) is 23.8. The van der Waals surface area contributed by atoms with Crippen LogP contribution < -0.4 is 20.7 Å². The van der Waals surface area contributed by atoms with E-state index in [0.717, 1.165) is 16.9 Å². The van der Waals surface area contributed by atoms with Crippen LogP contribution in [0.15, 0.2) is 46.0 Å². The summed E-state index contributed by atoms with van der Waals surface area (Å²) in [6.07, 6.45) is 1.68. The van der Waals surface area contributed by atoms with E-state index < -0.39 is 0 Å². The molecule has 1 aromatic carbocycles. The van der Waals surface area contributed by atoms with Crippen LogP contribution in [0.2, 0.25) is 0 Å². The lowest BCUT2D eigenvalue weighted by molar-refractivity contribution is -0.120. The fourth-order valence-corrected chi connectivity index (χ4v) is 2.40. The van der Waals surface area contributed by atoms with Crippen molar-refractivity contribution in [3.63, 3.8) is 0 Å². The van der Waals surface area contributed by atoms with E-state index >= 15 is 0 Å². The largest absolute Gasteiger partial charge is 0.491 e. The molecule has 3 N–H and O–H groups in total. The molecular formula is C20H29IN4O3. The standard InChI is InChI=1S/C20H28N4O3.HI/c1-14(2)27-18-10-15(3)7-8-16(18)11-23-20(21-4)24-13-19(25)22-12-17-6-5-9-26-17;/h5-10,14H,11-13H2,1-4H3,(H,22,25)(H2,21,23,24);1H. The Hall–Kier alpha value is -2.23. The van der Waals surface area contributed by atoms with E-state index in [0.29, 0.717) is 24.8 Å². The number of halogens is 1. The van der Waals surface area contributed by atoms with Crippen molar-refractivity contribution in [3.05, 3.63) is 53.5 Å². The Kier molecular flexibility index (Phi) is 10.4. The van der Waals surface area contributed by atoms with Crippen LogP contribution in [0.1, 0.15) is 30.7 Å². The van der Waals surface area contributed by atoms with Gasteiger partial charge in [-0.25, -0.2) is 0 Å². The van der Waals surface area contributed by atoms with Crippen LogP contribution in [0.25, 0.3) is 0 Å². The SMILES string of the molecule is CN=C(NCC(=O)NCc1ccco1)NCc1ccc(C)cc1OC(C)C.I. The fraction of sp³-hybridized carbons (Fsp3) is 0.400. The third-order valence-electron chi connectivity index (χ3n) is 3.71. The van der Waals surface area contributed by atoms with E-state index in [1.54, 1.807) is 19.4 Å². The second kappa shape index (κ2) is 12.3. The van der Waals surface area contributed by atoms with Gasteiger partial charge in [-0.15, -0.1) is 24.0 Å². The van der Waals surface area contributed by atoms with Gasteiger partial charge in [0.1, 0.15) is 11.5 Å². The Morgan fingerprint density at radius 2 is 1.96 bits per heavy atom. The fourth-order valence-electron chi connectivity index (χ4n) is 2.40. The first-order chi connectivity index (χ1) is 13.0. The maximum Gasteiger partial charge on any atom is 0.239 e. The maximum absolute atomic E-state index is 11.9. The number of nitrogens with zero attached hydrogens (tertiary/aromatic N) is 1. The van der Waals surface area contributed by atoms with Crippen LogP contribution in [-0.4, -0.2) is 31.6 Å². The number of aryl methyl sites for hydroxylation is 1. The van der Waals surface area contributed by atoms with Gasteiger partial charge in [-0.05, 0) is 44.5 Å². The highest BCUT2D eigenvalue weighted by molar-refractivity contribution is 14.0. The lowest BCUT2D eigenvalue weighted by atomic mass is 10.1. The number of guanidine groups is 1. The van der Waals surface area contributed by atoms with Crippen molar-refractivity contribution >= 4 is 35.8 Å².